The molecule has 0 aromatic heterocycles. The minimum atomic E-state index is 1.12. The van der Waals surface area contributed by atoms with Gasteiger partial charge in [-0.3, -0.25) is 4.90 Å². The Hall–Kier alpha value is -0.510. The zero-order chi connectivity index (χ0) is 10.5. The van der Waals surface area contributed by atoms with Crippen LogP contribution < -0.4 is 0 Å². The number of rotatable bonds is 3. The molecule has 0 amide bonds. The molecule has 0 aliphatic carbocycles. The predicted molar refractivity (Wildman–Crippen MR) is 66.2 cm³/mol. The second-order valence-electron chi connectivity index (χ2n) is 4.01. The van der Waals surface area contributed by atoms with E-state index in [4.69, 9.17) is 0 Å². The van der Waals surface area contributed by atoms with Gasteiger partial charge >= 0.3 is 0 Å². The Balaban J connectivity index is 1.74. The highest BCUT2D eigenvalue weighted by atomic mass is 32.2. The van der Waals surface area contributed by atoms with Gasteiger partial charge in [-0.15, -0.1) is 11.8 Å². The van der Waals surface area contributed by atoms with Crippen LogP contribution in [0.2, 0.25) is 0 Å². The fraction of sp³-hybridized carbons (Fsp3) is 0.500. The first kappa shape index (κ1) is 11.0. The summed E-state index contributed by atoms with van der Waals surface area (Å²) in [4.78, 5) is 6.29. The Labute approximate surface area is 96.3 Å². The normalized spacial score (nSPS) is 19.3. The maximum absolute atomic E-state index is 2.53. The van der Waals surface area contributed by atoms with Crippen LogP contribution in [0, 0.1) is 0 Å². The predicted octanol–water partition coefficient (Wildman–Crippen LogP) is 1.98. The second-order valence-corrected chi connectivity index (χ2v) is 5.03. The Bertz CT molecular complexity index is 281. The summed E-state index contributed by atoms with van der Waals surface area (Å²) in [6.07, 6.45) is 0. The lowest BCUT2D eigenvalue weighted by molar-refractivity contribution is 0.175. The molecule has 82 valence electrons. The molecule has 0 unspecified atom stereocenters. The third kappa shape index (κ3) is 3.52. The van der Waals surface area contributed by atoms with Crippen molar-refractivity contribution in [1.82, 2.24) is 9.80 Å². The highest BCUT2D eigenvalue weighted by Gasteiger charge is 2.13. The van der Waals surface area contributed by atoms with Gasteiger partial charge in [0, 0.05) is 37.0 Å². The van der Waals surface area contributed by atoms with E-state index in [2.05, 4.69) is 47.2 Å². The first-order valence-corrected chi connectivity index (χ1v) is 6.42. The van der Waals surface area contributed by atoms with Gasteiger partial charge < -0.3 is 4.90 Å². The van der Waals surface area contributed by atoms with Crippen molar-refractivity contribution in [2.24, 2.45) is 0 Å². The van der Waals surface area contributed by atoms with Crippen molar-refractivity contribution in [3.8, 4) is 0 Å². The number of hydrogen-bond donors (Lipinski definition) is 0. The number of thioether (sulfide) groups is 1. The molecule has 0 saturated carbocycles. The topological polar surface area (TPSA) is 6.48 Å². The number of hydrogen-bond acceptors (Lipinski definition) is 3. The lowest BCUT2D eigenvalue weighted by atomic mass is 10.4. The summed E-state index contributed by atoms with van der Waals surface area (Å²) >= 11 is 1.94. The summed E-state index contributed by atoms with van der Waals surface area (Å²) in [6, 6.07) is 10.6. The van der Waals surface area contributed by atoms with Crippen LogP contribution in [0.4, 0.5) is 0 Å². The van der Waals surface area contributed by atoms with Crippen LogP contribution in [-0.2, 0) is 0 Å². The van der Waals surface area contributed by atoms with Gasteiger partial charge in [-0.25, -0.2) is 0 Å². The third-order valence-electron chi connectivity index (χ3n) is 2.75. The molecule has 15 heavy (non-hydrogen) atoms. The van der Waals surface area contributed by atoms with E-state index in [1.54, 1.807) is 0 Å². The van der Waals surface area contributed by atoms with Gasteiger partial charge in [0.05, 0.1) is 0 Å². The average molecular weight is 222 g/mol. The van der Waals surface area contributed by atoms with Crippen molar-refractivity contribution in [3.05, 3.63) is 30.3 Å². The van der Waals surface area contributed by atoms with Gasteiger partial charge in [0.15, 0.2) is 0 Å². The lowest BCUT2D eigenvalue weighted by Crippen LogP contribution is -2.44. The van der Waals surface area contributed by atoms with E-state index in [0.29, 0.717) is 0 Å². The van der Waals surface area contributed by atoms with Gasteiger partial charge in [-0.05, 0) is 19.2 Å². The molecule has 0 bridgehead atoms. The first-order valence-electron chi connectivity index (χ1n) is 5.43. The van der Waals surface area contributed by atoms with Gasteiger partial charge in [-0.2, -0.15) is 0 Å². The molecule has 0 atom stereocenters. The maximum atomic E-state index is 2.53. The first-order chi connectivity index (χ1) is 7.34. The van der Waals surface area contributed by atoms with E-state index in [9.17, 15) is 0 Å². The molecule has 0 spiro atoms. The quantitative estimate of drug-likeness (QED) is 0.722. The van der Waals surface area contributed by atoms with Gasteiger partial charge in [-0.1, -0.05) is 18.2 Å². The summed E-state index contributed by atoms with van der Waals surface area (Å²) in [6.45, 7) is 4.82. The van der Waals surface area contributed by atoms with Crippen LogP contribution in [0.5, 0.6) is 0 Å². The Morgan fingerprint density at radius 2 is 1.73 bits per heavy atom. The van der Waals surface area contributed by atoms with Crippen molar-refractivity contribution >= 4 is 11.8 Å². The molecular formula is C12H18N2S. The minimum Gasteiger partial charge on any atom is -0.304 e. The fourth-order valence-electron chi connectivity index (χ4n) is 1.66. The van der Waals surface area contributed by atoms with Crippen LogP contribution >= 0.6 is 11.8 Å². The van der Waals surface area contributed by atoms with Gasteiger partial charge in [0.25, 0.3) is 0 Å². The number of benzene rings is 1. The van der Waals surface area contributed by atoms with E-state index >= 15 is 0 Å². The highest BCUT2D eigenvalue weighted by Crippen LogP contribution is 2.18. The SMILES string of the molecule is CN1CCN(CSc2ccccc2)CC1. The molecule has 1 aromatic rings. The molecule has 1 saturated heterocycles. The standard InChI is InChI=1S/C12H18N2S/c1-13-7-9-14(10-8-13)11-15-12-5-3-2-4-6-12/h2-6H,7-11H2,1H3. The van der Waals surface area contributed by atoms with Crippen molar-refractivity contribution < 1.29 is 0 Å². The maximum Gasteiger partial charge on any atom is 0.0492 e. The zero-order valence-electron chi connectivity index (χ0n) is 9.22. The molecular weight excluding hydrogens is 204 g/mol. The molecule has 3 heteroatoms. The summed E-state index contributed by atoms with van der Waals surface area (Å²) in [7, 11) is 2.20. The second kappa shape index (κ2) is 5.54. The average Bonchev–Trinajstić information content (AvgIpc) is 2.30. The summed E-state index contributed by atoms with van der Waals surface area (Å²) < 4.78 is 0. The summed E-state index contributed by atoms with van der Waals surface area (Å²) in [5.74, 6) is 1.12. The molecule has 0 radical (unpaired) electrons. The Kier molecular flexibility index (Phi) is 4.06. The molecule has 2 rings (SSSR count). The minimum absolute atomic E-state index is 1.12. The van der Waals surface area contributed by atoms with Crippen molar-refractivity contribution in [1.29, 1.82) is 0 Å². The zero-order valence-corrected chi connectivity index (χ0v) is 10.0. The lowest BCUT2D eigenvalue weighted by Gasteiger charge is -2.31. The largest absolute Gasteiger partial charge is 0.304 e. The molecule has 1 aliphatic heterocycles. The Morgan fingerprint density at radius 1 is 1.07 bits per heavy atom. The van der Waals surface area contributed by atoms with Gasteiger partial charge in [0.2, 0.25) is 0 Å². The number of likely N-dealkylation sites (N-methyl/N-ethyl adjacent to an activating group) is 1. The van der Waals surface area contributed by atoms with Gasteiger partial charge in [0.1, 0.15) is 0 Å². The van der Waals surface area contributed by atoms with Crippen molar-refractivity contribution in [3.63, 3.8) is 0 Å². The van der Waals surface area contributed by atoms with E-state index in [1.165, 1.54) is 31.1 Å². The van der Waals surface area contributed by atoms with E-state index in [0.717, 1.165) is 5.88 Å². The monoisotopic (exact) mass is 222 g/mol. The third-order valence-corrected chi connectivity index (χ3v) is 3.85. The molecule has 1 heterocycles. The summed E-state index contributed by atoms with van der Waals surface area (Å²) in [5, 5.41) is 0. The number of nitrogens with zero attached hydrogens (tertiary/aromatic N) is 2. The van der Waals surface area contributed by atoms with Crippen molar-refractivity contribution in [2.75, 3.05) is 39.1 Å². The van der Waals surface area contributed by atoms with E-state index < -0.39 is 0 Å². The highest BCUT2D eigenvalue weighted by molar-refractivity contribution is 7.99. The molecule has 1 aliphatic rings. The Morgan fingerprint density at radius 3 is 2.40 bits per heavy atom. The van der Waals surface area contributed by atoms with Crippen LogP contribution in [0.25, 0.3) is 0 Å². The summed E-state index contributed by atoms with van der Waals surface area (Å²) in [5.41, 5.74) is 0. The molecule has 1 fully saturated rings. The molecule has 1 aromatic carbocycles. The molecule has 2 nitrogen and oxygen atoms in total. The van der Waals surface area contributed by atoms with E-state index in [-0.39, 0.29) is 0 Å². The van der Waals surface area contributed by atoms with Crippen molar-refractivity contribution in [2.45, 2.75) is 4.90 Å². The fourth-order valence-corrected chi connectivity index (χ4v) is 2.60. The van der Waals surface area contributed by atoms with Crippen LogP contribution in [0.3, 0.4) is 0 Å². The number of piperazine rings is 1. The van der Waals surface area contributed by atoms with Crippen LogP contribution in [-0.4, -0.2) is 48.9 Å². The van der Waals surface area contributed by atoms with E-state index in [1.807, 2.05) is 11.8 Å². The van der Waals surface area contributed by atoms with Crippen LogP contribution in [0.1, 0.15) is 0 Å². The van der Waals surface area contributed by atoms with Crippen LogP contribution in [0.15, 0.2) is 35.2 Å². The smallest absolute Gasteiger partial charge is 0.0492 e. The molecule has 0 N–H and O–H groups in total.